The third kappa shape index (κ3) is 2.54. The normalized spacial score (nSPS) is 25.4. The number of carbonyl (C=O) groups is 2. The van der Waals surface area contributed by atoms with Gasteiger partial charge in [0.2, 0.25) is 0 Å². The third-order valence-corrected chi connectivity index (χ3v) is 5.41. The molecule has 0 spiro atoms. The molecule has 1 N–H and O–H groups in total. The summed E-state index contributed by atoms with van der Waals surface area (Å²) < 4.78 is 0. The van der Waals surface area contributed by atoms with Crippen LogP contribution in [0.15, 0.2) is 23.1 Å². The zero-order chi connectivity index (χ0) is 16.1. The highest BCUT2D eigenvalue weighted by Crippen LogP contribution is 2.43. The van der Waals surface area contributed by atoms with Gasteiger partial charge in [0.15, 0.2) is 0 Å². The Labute approximate surface area is 135 Å². The highest BCUT2D eigenvalue weighted by Gasteiger charge is 2.34. The second-order valence-electron chi connectivity index (χ2n) is 6.65. The number of hydrogen-bond donors (Lipinski definition) is 1. The minimum Gasteiger partial charge on any atom is -0.369 e. The number of nitrogens with one attached hydrogen (secondary N) is 1. The van der Waals surface area contributed by atoms with Crippen LogP contribution >= 0.6 is 11.8 Å². The quantitative estimate of drug-likeness (QED) is 0.802. The molecule has 0 bridgehead atoms. The van der Waals surface area contributed by atoms with E-state index >= 15 is 0 Å². The van der Waals surface area contributed by atoms with Gasteiger partial charge in [0.25, 0.3) is 11.1 Å². The van der Waals surface area contributed by atoms with Crippen LogP contribution in [-0.4, -0.2) is 23.7 Å². The van der Waals surface area contributed by atoms with Crippen molar-refractivity contribution in [3.05, 3.63) is 34.2 Å². The largest absolute Gasteiger partial charge is 0.369 e. The fourth-order valence-electron chi connectivity index (χ4n) is 3.26. The number of rotatable bonds is 1. The van der Waals surface area contributed by atoms with E-state index in [1.807, 2.05) is 6.07 Å². The fraction of sp³-hybridized carbons (Fsp3) is 0.412. The summed E-state index contributed by atoms with van der Waals surface area (Å²) in [6.07, 6.45) is 2.88. The van der Waals surface area contributed by atoms with Gasteiger partial charge >= 0.3 is 0 Å². The zero-order valence-electron chi connectivity index (χ0n) is 13.3. The molecule has 2 aliphatic rings. The first-order chi connectivity index (χ1) is 10.3. The lowest BCUT2D eigenvalue weighted by Crippen LogP contribution is -2.45. The van der Waals surface area contributed by atoms with Crippen molar-refractivity contribution < 1.29 is 9.59 Å². The molecule has 0 aliphatic carbocycles. The summed E-state index contributed by atoms with van der Waals surface area (Å²) in [6, 6.07) is 6.25. The van der Waals surface area contributed by atoms with Crippen molar-refractivity contribution in [1.29, 1.82) is 0 Å². The average Bonchev–Trinajstić information content (AvgIpc) is 2.74. The van der Waals surface area contributed by atoms with Crippen LogP contribution in [0.25, 0.3) is 6.08 Å². The number of benzene rings is 1. The standard InChI is InChI=1S/C17H20N2O2S/c1-10-9-17(2,3)19(4)13-6-5-11(7-12(10)13)8-14-15(20)18-16(21)22-14/h5-8,10H,9H2,1-4H3,(H,18,20,21)/b14-8+/t10-/m1/s1. The number of amides is 2. The first-order valence-electron chi connectivity index (χ1n) is 7.40. The smallest absolute Gasteiger partial charge is 0.290 e. The SMILES string of the molecule is C[C@@H]1CC(C)(C)N(C)c2ccc(/C=C3/SC(=O)NC3=O)cc21. The lowest BCUT2D eigenvalue weighted by Gasteiger charge is -2.45. The van der Waals surface area contributed by atoms with E-state index in [1.165, 1.54) is 11.3 Å². The topological polar surface area (TPSA) is 49.4 Å². The van der Waals surface area contributed by atoms with Crippen LogP contribution in [-0.2, 0) is 4.79 Å². The van der Waals surface area contributed by atoms with Crippen molar-refractivity contribution in [2.24, 2.45) is 0 Å². The molecule has 0 saturated carbocycles. The molecule has 2 aliphatic heterocycles. The van der Waals surface area contributed by atoms with Crippen LogP contribution in [0.2, 0.25) is 0 Å². The van der Waals surface area contributed by atoms with Gasteiger partial charge in [-0.05, 0) is 67.3 Å². The van der Waals surface area contributed by atoms with Crippen molar-refractivity contribution in [1.82, 2.24) is 5.32 Å². The summed E-state index contributed by atoms with van der Waals surface area (Å²) in [6.45, 7) is 6.76. The van der Waals surface area contributed by atoms with E-state index in [2.05, 4.69) is 50.2 Å². The molecule has 1 saturated heterocycles. The van der Waals surface area contributed by atoms with Gasteiger partial charge in [-0.25, -0.2) is 0 Å². The maximum atomic E-state index is 11.7. The number of fused-ring (bicyclic) bond motifs is 1. The molecule has 1 aromatic carbocycles. The van der Waals surface area contributed by atoms with Gasteiger partial charge in [-0.15, -0.1) is 0 Å². The lowest BCUT2D eigenvalue weighted by molar-refractivity contribution is -0.115. The second kappa shape index (κ2) is 5.16. The van der Waals surface area contributed by atoms with Gasteiger partial charge in [-0.3, -0.25) is 14.9 Å². The summed E-state index contributed by atoms with van der Waals surface area (Å²) >= 11 is 0.958. The van der Waals surface area contributed by atoms with Gasteiger partial charge in [-0.1, -0.05) is 13.0 Å². The van der Waals surface area contributed by atoms with E-state index in [0.717, 1.165) is 23.7 Å². The second-order valence-corrected chi connectivity index (χ2v) is 7.66. The molecule has 0 unspecified atom stereocenters. The van der Waals surface area contributed by atoms with Crippen molar-refractivity contribution in [3.63, 3.8) is 0 Å². The predicted octanol–water partition coefficient (Wildman–Crippen LogP) is 3.73. The highest BCUT2D eigenvalue weighted by molar-refractivity contribution is 8.18. The lowest BCUT2D eigenvalue weighted by atomic mass is 9.80. The van der Waals surface area contributed by atoms with Gasteiger partial charge in [0.05, 0.1) is 4.91 Å². The molecule has 116 valence electrons. The minimum absolute atomic E-state index is 0.139. The van der Waals surface area contributed by atoms with Crippen LogP contribution in [0.1, 0.15) is 44.2 Å². The molecule has 2 heterocycles. The monoisotopic (exact) mass is 316 g/mol. The van der Waals surface area contributed by atoms with Crippen molar-refractivity contribution >= 4 is 34.7 Å². The molecular formula is C17H20N2O2S. The maximum Gasteiger partial charge on any atom is 0.290 e. The molecule has 5 heteroatoms. The molecule has 1 aromatic rings. The number of anilines is 1. The Hall–Kier alpha value is -1.75. The highest BCUT2D eigenvalue weighted by atomic mass is 32.2. The molecule has 22 heavy (non-hydrogen) atoms. The van der Waals surface area contributed by atoms with Crippen LogP contribution in [0.4, 0.5) is 10.5 Å². The summed E-state index contributed by atoms with van der Waals surface area (Å²) in [4.78, 5) is 25.7. The zero-order valence-corrected chi connectivity index (χ0v) is 14.1. The van der Waals surface area contributed by atoms with Gasteiger partial charge in [0, 0.05) is 18.3 Å². The van der Waals surface area contributed by atoms with E-state index in [9.17, 15) is 9.59 Å². The number of hydrogen-bond acceptors (Lipinski definition) is 4. The van der Waals surface area contributed by atoms with E-state index in [-0.39, 0.29) is 16.7 Å². The van der Waals surface area contributed by atoms with Crippen LogP contribution < -0.4 is 10.2 Å². The summed E-state index contributed by atoms with van der Waals surface area (Å²) in [5.74, 6) is 0.158. The van der Waals surface area contributed by atoms with Crippen LogP contribution in [0.5, 0.6) is 0 Å². The Morgan fingerprint density at radius 3 is 2.73 bits per heavy atom. The molecule has 1 fully saturated rings. The van der Waals surface area contributed by atoms with Crippen LogP contribution in [0, 0.1) is 0 Å². The number of nitrogens with zero attached hydrogens (tertiary/aromatic N) is 1. The molecule has 3 rings (SSSR count). The molecule has 4 nitrogen and oxygen atoms in total. The van der Waals surface area contributed by atoms with E-state index in [0.29, 0.717) is 10.8 Å². The summed E-state index contributed by atoms with van der Waals surface area (Å²) in [5.41, 5.74) is 3.64. The minimum atomic E-state index is -0.306. The number of imide groups is 1. The molecule has 2 amide bonds. The Bertz CT molecular complexity index is 694. The number of carbonyl (C=O) groups excluding carboxylic acids is 2. The van der Waals surface area contributed by atoms with Crippen LogP contribution in [0.3, 0.4) is 0 Å². The van der Waals surface area contributed by atoms with Crippen molar-refractivity contribution in [2.75, 3.05) is 11.9 Å². The average molecular weight is 316 g/mol. The number of thioether (sulfide) groups is 1. The summed E-state index contributed by atoms with van der Waals surface area (Å²) in [5, 5.41) is 1.98. The maximum absolute atomic E-state index is 11.7. The first kappa shape index (κ1) is 15.2. The Morgan fingerprint density at radius 1 is 1.36 bits per heavy atom. The Balaban J connectivity index is 1.98. The van der Waals surface area contributed by atoms with Crippen molar-refractivity contribution in [3.8, 4) is 0 Å². The van der Waals surface area contributed by atoms with Gasteiger partial charge < -0.3 is 4.90 Å². The van der Waals surface area contributed by atoms with E-state index < -0.39 is 0 Å². The van der Waals surface area contributed by atoms with Crippen molar-refractivity contribution in [2.45, 2.75) is 38.6 Å². The van der Waals surface area contributed by atoms with E-state index in [1.54, 1.807) is 6.08 Å². The Kier molecular flexibility index (Phi) is 3.56. The first-order valence-corrected chi connectivity index (χ1v) is 8.22. The fourth-order valence-corrected chi connectivity index (χ4v) is 3.94. The predicted molar refractivity (Wildman–Crippen MR) is 91.1 cm³/mol. The summed E-state index contributed by atoms with van der Waals surface area (Å²) in [7, 11) is 2.13. The molecule has 1 atom stereocenters. The van der Waals surface area contributed by atoms with E-state index in [4.69, 9.17) is 0 Å². The molecular weight excluding hydrogens is 296 g/mol. The molecule has 0 radical (unpaired) electrons. The van der Waals surface area contributed by atoms with Gasteiger partial charge in [-0.2, -0.15) is 0 Å². The third-order valence-electron chi connectivity index (χ3n) is 4.60. The Morgan fingerprint density at radius 2 is 2.09 bits per heavy atom. The molecule has 0 aromatic heterocycles. The van der Waals surface area contributed by atoms with Gasteiger partial charge in [0.1, 0.15) is 0 Å².